The first-order valence-corrected chi connectivity index (χ1v) is 35.5. The summed E-state index contributed by atoms with van der Waals surface area (Å²) in [5, 5.41) is 10.0. The second-order valence-corrected chi connectivity index (χ2v) is 43.4. The lowest BCUT2D eigenvalue weighted by atomic mass is 9.71. The van der Waals surface area contributed by atoms with Gasteiger partial charge < -0.3 is 18.4 Å². The van der Waals surface area contributed by atoms with E-state index in [0.717, 1.165) is 31.4 Å². The Hall–Kier alpha value is -1.92. The van der Waals surface area contributed by atoms with Crippen molar-refractivity contribution in [2.75, 3.05) is 0 Å². The molecule has 0 bridgehead atoms. The van der Waals surface area contributed by atoms with Crippen molar-refractivity contribution in [3.63, 3.8) is 0 Å². The molecule has 0 spiro atoms. The van der Waals surface area contributed by atoms with E-state index in [2.05, 4.69) is 171 Å². The quantitative estimate of drug-likeness (QED) is 0.0703. The van der Waals surface area contributed by atoms with Crippen molar-refractivity contribution in [1.29, 1.82) is 0 Å². The molecule has 1 heterocycles. The fourth-order valence-corrected chi connectivity index (χ4v) is 11.4. The molecule has 0 saturated heterocycles. The molecule has 62 heavy (non-hydrogen) atoms. The Balaban J connectivity index is 3.70. The van der Waals surface area contributed by atoms with Gasteiger partial charge in [-0.15, -0.1) is 11.5 Å². The van der Waals surface area contributed by atoms with Crippen LogP contribution in [0.4, 0.5) is 0 Å². The molecule has 0 unspecified atom stereocenters. The van der Waals surface area contributed by atoms with Crippen LogP contribution in [0.5, 0.6) is 0 Å². The third-order valence-electron chi connectivity index (χ3n) is 14.1. The van der Waals surface area contributed by atoms with E-state index in [1.165, 1.54) is 11.1 Å². The van der Waals surface area contributed by atoms with Crippen molar-refractivity contribution in [2.24, 2.45) is 17.3 Å². The number of carbonyl (C=O) groups is 2. The SMILES string of the molecule is C/C(=C\C[C@H](O[Si](C)(C)C(C)(C)C)/C(C)=C/c1ccccn1)CCC[C@H](C)[C@H](O[Si](C)(C)C(C)(C)C)[C@@H](CC#C[Si](C)(C)C)C(=O)C(C)(C)[C@H](CC(=O)O)O[Si](C)(C)C(C)(C)C. The van der Waals surface area contributed by atoms with Crippen LogP contribution in [0.1, 0.15) is 141 Å². The number of rotatable bonds is 22. The molecule has 5 atom stereocenters. The molecule has 0 aliphatic carbocycles. The molecule has 354 valence electrons. The number of hydrogen-bond acceptors (Lipinski definition) is 6. The smallest absolute Gasteiger partial charge is 0.305 e. The van der Waals surface area contributed by atoms with Gasteiger partial charge in [0.15, 0.2) is 25.0 Å². The monoisotopic (exact) mass is 928 g/mol. The first kappa shape index (κ1) is 58.1. The van der Waals surface area contributed by atoms with E-state index < -0.39 is 56.4 Å². The fourth-order valence-electron chi connectivity index (χ4n) is 6.59. The van der Waals surface area contributed by atoms with E-state index in [-0.39, 0.29) is 45.4 Å². The summed E-state index contributed by atoms with van der Waals surface area (Å²) in [5.41, 5.74) is 5.87. The van der Waals surface area contributed by atoms with E-state index in [0.29, 0.717) is 6.42 Å². The van der Waals surface area contributed by atoms with Crippen molar-refractivity contribution in [3.8, 4) is 11.5 Å². The molecular formula is C51H93NO6Si4. The van der Waals surface area contributed by atoms with Crippen molar-refractivity contribution in [2.45, 2.75) is 228 Å². The molecule has 11 heteroatoms. The Kier molecular flexibility index (Phi) is 21.1. The molecule has 0 aliphatic rings. The number of hydrogen-bond donors (Lipinski definition) is 1. The van der Waals surface area contributed by atoms with Crippen LogP contribution in [0.3, 0.4) is 0 Å². The van der Waals surface area contributed by atoms with Gasteiger partial charge in [0.05, 0.1) is 36.3 Å². The average molecular weight is 929 g/mol. The molecular weight excluding hydrogens is 835 g/mol. The van der Waals surface area contributed by atoms with Gasteiger partial charge >= 0.3 is 5.97 Å². The highest BCUT2D eigenvalue weighted by molar-refractivity contribution is 6.83. The topological polar surface area (TPSA) is 95.0 Å². The van der Waals surface area contributed by atoms with Gasteiger partial charge in [-0.05, 0) is 124 Å². The number of aromatic nitrogens is 1. The van der Waals surface area contributed by atoms with Crippen molar-refractivity contribution < 1.29 is 28.0 Å². The molecule has 1 aromatic rings. The summed E-state index contributed by atoms with van der Waals surface area (Å²) in [7, 11) is -8.67. The van der Waals surface area contributed by atoms with Crippen LogP contribution in [0, 0.1) is 28.7 Å². The molecule has 0 radical (unpaired) electrons. The largest absolute Gasteiger partial charge is 0.481 e. The molecule has 0 aromatic carbocycles. The number of allylic oxidation sites excluding steroid dienone is 1. The van der Waals surface area contributed by atoms with Gasteiger partial charge in [-0.25, -0.2) is 0 Å². The lowest BCUT2D eigenvalue weighted by Gasteiger charge is -2.46. The maximum absolute atomic E-state index is 15.4. The summed E-state index contributed by atoms with van der Waals surface area (Å²) in [6.45, 7) is 50.5. The lowest BCUT2D eigenvalue weighted by molar-refractivity contribution is -0.146. The third-order valence-corrected chi connectivity index (χ3v) is 28.5. The Morgan fingerprint density at radius 3 is 1.77 bits per heavy atom. The van der Waals surface area contributed by atoms with Crippen molar-refractivity contribution >= 4 is 50.9 Å². The van der Waals surface area contributed by atoms with Crippen molar-refractivity contribution in [1.82, 2.24) is 4.98 Å². The maximum Gasteiger partial charge on any atom is 0.305 e. The Morgan fingerprint density at radius 1 is 0.790 bits per heavy atom. The normalized spacial score (nSPS) is 16.8. The highest BCUT2D eigenvalue weighted by Gasteiger charge is 2.51. The Morgan fingerprint density at radius 2 is 1.31 bits per heavy atom. The maximum atomic E-state index is 15.4. The van der Waals surface area contributed by atoms with Crippen LogP contribution in [-0.2, 0) is 22.9 Å². The number of carboxylic acids is 1. The highest BCUT2D eigenvalue weighted by atomic mass is 28.4. The number of carbonyl (C=O) groups excluding carboxylic acids is 1. The van der Waals surface area contributed by atoms with Gasteiger partial charge in [0.25, 0.3) is 0 Å². The Bertz CT molecular complexity index is 1730. The van der Waals surface area contributed by atoms with Crippen LogP contribution in [0.15, 0.2) is 41.6 Å². The summed E-state index contributed by atoms with van der Waals surface area (Å²) in [6, 6.07) is 5.99. The van der Waals surface area contributed by atoms with E-state index in [1.54, 1.807) is 0 Å². The minimum atomic E-state index is -2.45. The zero-order chi connectivity index (χ0) is 48.5. The van der Waals surface area contributed by atoms with E-state index in [9.17, 15) is 9.90 Å². The minimum absolute atomic E-state index is 0.0131. The minimum Gasteiger partial charge on any atom is -0.481 e. The molecule has 7 nitrogen and oxygen atoms in total. The van der Waals surface area contributed by atoms with Gasteiger partial charge in [-0.3, -0.25) is 14.6 Å². The molecule has 0 aliphatic heterocycles. The molecule has 0 fully saturated rings. The second-order valence-electron chi connectivity index (χ2n) is 24.4. The number of nitrogens with zero attached hydrogens (tertiary/aromatic N) is 1. The number of pyridine rings is 1. The first-order chi connectivity index (χ1) is 27.8. The summed E-state index contributed by atoms with van der Waals surface area (Å²) in [4.78, 5) is 32.4. The van der Waals surface area contributed by atoms with E-state index >= 15 is 4.79 Å². The summed E-state index contributed by atoms with van der Waals surface area (Å²) < 4.78 is 21.3. The number of aliphatic carboxylic acids is 1. The fraction of sp³-hybridized carbons (Fsp3) is 0.745. The van der Waals surface area contributed by atoms with Gasteiger partial charge in [0.1, 0.15) is 13.9 Å². The average Bonchev–Trinajstić information content (AvgIpc) is 3.08. The lowest BCUT2D eigenvalue weighted by Crippen LogP contribution is -2.55. The first-order valence-electron chi connectivity index (χ1n) is 23.3. The van der Waals surface area contributed by atoms with Gasteiger partial charge in [-0.2, -0.15) is 0 Å². The molecule has 1 N–H and O–H groups in total. The van der Waals surface area contributed by atoms with Crippen LogP contribution in [-0.4, -0.2) is 73.2 Å². The number of ketones is 1. The zero-order valence-corrected chi connectivity index (χ0v) is 48.0. The van der Waals surface area contributed by atoms with Gasteiger partial charge in [0, 0.05) is 18.0 Å². The number of carboxylic acid groups (broad SMARTS) is 1. The van der Waals surface area contributed by atoms with Crippen LogP contribution in [0.2, 0.25) is 74.0 Å². The third kappa shape index (κ3) is 18.2. The summed E-state index contributed by atoms with van der Waals surface area (Å²) >= 11 is 0. The van der Waals surface area contributed by atoms with Gasteiger partial charge in [0.2, 0.25) is 0 Å². The molecule has 1 rings (SSSR count). The van der Waals surface area contributed by atoms with Gasteiger partial charge in [-0.1, -0.05) is 120 Å². The van der Waals surface area contributed by atoms with Crippen molar-refractivity contribution in [3.05, 3.63) is 47.3 Å². The second kappa shape index (κ2) is 22.5. The molecule has 0 amide bonds. The predicted molar refractivity (Wildman–Crippen MR) is 276 cm³/mol. The van der Waals surface area contributed by atoms with Crippen LogP contribution < -0.4 is 0 Å². The van der Waals surface area contributed by atoms with Crippen LogP contribution >= 0.6 is 0 Å². The highest BCUT2D eigenvalue weighted by Crippen LogP contribution is 2.45. The van der Waals surface area contributed by atoms with E-state index in [1.807, 2.05) is 38.2 Å². The Labute approximate surface area is 385 Å². The van der Waals surface area contributed by atoms with Crippen LogP contribution in [0.25, 0.3) is 6.08 Å². The number of Topliss-reactive ketones (excluding diaryl/α,β-unsaturated/α-hetero) is 1. The molecule has 1 aromatic heterocycles. The summed E-state index contributed by atoms with van der Waals surface area (Å²) in [5.74, 6) is 2.02. The van der Waals surface area contributed by atoms with E-state index in [4.69, 9.17) is 13.3 Å². The standard InChI is InChI=1S/C51H93NO6Si4/c1-38(32-33-43(56-60(18,19)48(4,5)6)40(3)36-41-30-24-25-34-52-41)28-26-29-39(2)46(58-62(22,23)50(10,11)12)42(31-27-35-59(15,16)17)47(55)51(13,14)44(37-45(53)54)57-61(20,21)49(7,8)9/h24-25,30,32,34,36,39,42-44,46H,26,28-29,31,33,37H2,1-23H3,(H,53,54)/b38-32+,40-36+/t39-,42+,43-,44-,46-/m0/s1. The zero-order valence-electron chi connectivity index (χ0n) is 44.0. The molecule has 0 saturated carbocycles. The predicted octanol–water partition coefficient (Wildman–Crippen LogP) is 14.8. The summed E-state index contributed by atoms with van der Waals surface area (Å²) in [6.07, 6.45) is 8.77.